The van der Waals surface area contributed by atoms with Gasteiger partial charge in [-0.25, -0.2) is 13.1 Å². The smallest absolute Gasteiger partial charge is 0.264 e. The van der Waals surface area contributed by atoms with Crippen LogP contribution in [0.1, 0.15) is 62.0 Å². The Bertz CT molecular complexity index is 1950. The van der Waals surface area contributed by atoms with Crippen LogP contribution in [0.15, 0.2) is 66.7 Å². The van der Waals surface area contributed by atoms with E-state index in [0.717, 1.165) is 6.42 Å². The van der Waals surface area contributed by atoms with Crippen LogP contribution in [0, 0.1) is 29.1 Å². The average Bonchev–Trinajstić information content (AvgIpc) is 3.50. The SMILES string of the molecule is COc1c(CN2O[C@@H](CO)[C@@H]([C@H](C)O)[C@H]2C(=O)N[C@H]2C[C@@H]3C[C@H]([C@@H]2C)C3(C)C)cccc1-c1cc(C(=O)NS(=O)(=O)Cc2ccccc2)cc(N(C)C)c1. The van der Waals surface area contributed by atoms with E-state index in [4.69, 9.17) is 9.57 Å². The van der Waals surface area contributed by atoms with Gasteiger partial charge in [-0.1, -0.05) is 69.3 Å². The van der Waals surface area contributed by atoms with Crippen LogP contribution in [0.2, 0.25) is 0 Å². The van der Waals surface area contributed by atoms with Crippen LogP contribution in [0.25, 0.3) is 11.1 Å². The monoisotopic (exact) mass is 762 g/mol. The molecule has 0 spiro atoms. The normalized spacial score (nSPS) is 26.7. The predicted molar refractivity (Wildman–Crippen MR) is 207 cm³/mol. The van der Waals surface area contributed by atoms with E-state index in [-0.39, 0.29) is 41.8 Å². The summed E-state index contributed by atoms with van der Waals surface area (Å²) in [5.74, 6) is -0.224. The molecule has 12 nitrogen and oxygen atoms in total. The Morgan fingerprint density at radius 2 is 1.80 bits per heavy atom. The molecular weight excluding hydrogens is 709 g/mol. The quantitative estimate of drug-likeness (QED) is 0.198. The third kappa shape index (κ3) is 7.88. The first-order valence-corrected chi connectivity index (χ1v) is 20.3. The maximum absolute atomic E-state index is 14.2. The molecule has 3 aliphatic carbocycles. The zero-order chi connectivity index (χ0) is 39.1. The van der Waals surface area contributed by atoms with E-state index in [1.54, 1.807) is 54.5 Å². The Kier molecular flexibility index (Phi) is 11.5. The minimum atomic E-state index is -4.00. The van der Waals surface area contributed by atoms with E-state index < -0.39 is 40.1 Å². The standard InChI is InChI=1S/C41H54N4O8S/c1-24-33-19-30(41(33,3)4)20-34(24)42-40(49)37-36(25(2)47)35(22-46)53-45(37)21-27-14-11-15-32(38(27)52-7)28-16-29(18-31(17-28)44(5)6)39(48)43-54(50,51)23-26-12-9-8-10-13-26/h8-18,24-25,30,33-37,46-47H,19-23H2,1-7H3,(H,42,49)(H,43,48)/t24-,25-,30-,33+,34-,35-,36+,37-/m0/s1. The highest BCUT2D eigenvalue weighted by atomic mass is 32.2. The minimum Gasteiger partial charge on any atom is -0.496 e. The van der Waals surface area contributed by atoms with Gasteiger partial charge in [0, 0.05) is 48.4 Å². The zero-order valence-electron chi connectivity index (χ0n) is 32.2. The molecular formula is C41H54N4O8S. The molecule has 3 aromatic rings. The number of carbonyl (C=O) groups excluding carboxylic acids is 2. The Hall–Kier alpha value is -4.01. The third-order valence-corrected chi connectivity index (χ3v) is 13.4. The first kappa shape index (κ1) is 39.7. The number of sulfonamides is 1. The van der Waals surface area contributed by atoms with Crippen molar-refractivity contribution in [1.29, 1.82) is 0 Å². The number of amides is 2. The number of benzene rings is 3. The Morgan fingerprint density at radius 1 is 1.07 bits per heavy atom. The van der Waals surface area contributed by atoms with Crippen molar-refractivity contribution < 1.29 is 37.8 Å². The van der Waals surface area contributed by atoms with Gasteiger partial charge in [0.2, 0.25) is 15.9 Å². The fourth-order valence-electron chi connectivity index (χ4n) is 9.02. The van der Waals surface area contributed by atoms with E-state index in [1.165, 1.54) is 13.5 Å². The van der Waals surface area contributed by atoms with Crippen molar-refractivity contribution in [3.8, 4) is 16.9 Å². The summed E-state index contributed by atoms with van der Waals surface area (Å²) in [4.78, 5) is 35.7. The summed E-state index contributed by atoms with van der Waals surface area (Å²) in [6.45, 7) is 8.15. The maximum Gasteiger partial charge on any atom is 0.264 e. The number of rotatable bonds is 13. The number of hydrogen-bond acceptors (Lipinski definition) is 10. The van der Waals surface area contributed by atoms with Gasteiger partial charge >= 0.3 is 0 Å². The molecule has 8 atom stereocenters. The molecule has 7 rings (SSSR count). The summed E-state index contributed by atoms with van der Waals surface area (Å²) in [7, 11) is 1.18. The van der Waals surface area contributed by atoms with Crippen LogP contribution < -0.4 is 19.7 Å². The van der Waals surface area contributed by atoms with Gasteiger partial charge in [-0.2, -0.15) is 5.06 Å². The number of fused-ring (bicyclic) bond motifs is 2. The second kappa shape index (κ2) is 15.6. The van der Waals surface area contributed by atoms with Crippen molar-refractivity contribution in [2.24, 2.45) is 29.1 Å². The van der Waals surface area contributed by atoms with Gasteiger partial charge < -0.3 is 25.2 Å². The molecule has 0 radical (unpaired) electrons. The van der Waals surface area contributed by atoms with Gasteiger partial charge in [-0.15, -0.1) is 0 Å². The molecule has 1 aliphatic heterocycles. The molecule has 3 saturated carbocycles. The largest absolute Gasteiger partial charge is 0.496 e. The fraction of sp³-hybridized carbons (Fsp3) is 0.512. The van der Waals surface area contributed by atoms with Gasteiger partial charge in [0.15, 0.2) is 0 Å². The van der Waals surface area contributed by atoms with Crippen molar-refractivity contribution in [3.63, 3.8) is 0 Å². The number of ether oxygens (including phenoxy) is 1. The van der Waals surface area contributed by atoms with Crippen LogP contribution in [0.4, 0.5) is 5.69 Å². The van der Waals surface area contributed by atoms with Crippen LogP contribution in [-0.4, -0.2) is 87.6 Å². The molecule has 0 unspecified atom stereocenters. The Labute approximate surface area is 318 Å². The summed E-state index contributed by atoms with van der Waals surface area (Å²) in [6.07, 6.45) is 0.326. The predicted octanol–water partition coefficient (Wildman–Crippen LogP) is 4.35. The van der Waals surface area contributed by atoms with Crippen molar-refractivity contribution in [3.05, 3.63) is 83.4 Å². The lowest BCUT2D eigenvalue weighted by Gasteiger charge is -2.62. The lowest BCUT2D eigenvalue weighted by molar-refractivity contribution is -0.183. The molecule has 2 bridgehead atoms. The Balaban J connectivity index is 1.29. The lowest BCUT2D eigenvalue weighted by Crippen LogP contribution is -2.62. The molecule has 1 saturated heterocycles. The first-order chi connectivity index (χ1) is 25.5. The highest BCUT2D eigenvalue weighted by Gasteiger charge is 2.57. The molecule has 1 heterocycles. The minimum absolute atomic E-state index is 0.000472. The number of nitrogens with one attached hydrogen (secondary N) is 2. The van der Waals surface area contributed by atoms with Crippen LogP contribution in [-0.2, 0) is 32.0 Å². The lowest BCUT2D eigenvalue weighted by atomic mass is 9.45. The molecule has 3 aromatic carbocycles. The second-order valence-corrected chi connectivity index (χ2v) is 17.8. The van der Waals surface area contributed by atoms with Crippen molar-refractivity contribution in [1.82, 2.24) is 15.1 Å². The van der Waals surface area contributed by atoms with E-state index in [9.17, 15) is 28.2 Å². The summed E-state index contributed by atoms with van der Waals surface area (Å²) in [6, 6.07) is 18.4. The van der Waals surface area contributed by atoms with Crippen molar-refractivity contribution >= 4 is 27.5 Å². The number of hydrogen-bond donors (Lipinski definition) is 4. The highest BCUT2D eigenvalue weighted by molar-refractivity contribution is 7.89. The molecule has 54 heavy (non-hydrogen) atoms. The molecule has 4 N–H and O–H groups in total. The number of aliphatic hydroxyl groups excluding tert-OH is 2. The first-order valence-electron chi connectivity index (χ1n) is 18.6. The summed E-state index contributed by atoms with van der Waals surface area (Å²) < 4.78 is 34.2. The number of hydroxylamine groups is 2. The number of methoxy groups -OCH3 is 1. The zero-order valence-corrected chi connectivity index (χ0v) is 33.0. The summed E-state index contributed by atoms with van der Waals surface area (Å²) in [5.41, 5.74) is 3.51. The van der Waals surface area contributed by atoms with E-state index in [2.05, 4.69) is 30.8 Å². The molecule has 292 valence electrons. The number of para-hydroxylation sites is 1. The average molecular weight is 763 g/mol. The summed E-state index contributed by atoms with van der Waals surface area (Å²) >= 11 is 0. The molecule has 13 heteroatoms. The highest BCUT2D eigenvalue weighted by Crippen LogP contribution is 2.61. The van der Waals surface area contributed by atoms with E-state index in [0.29, 0.717) is 51.4 Å². The Morgan fingerprint density at radius 3 is 2.41 bits per heavy atom. The van der Waals surface area contributed by atoms with Crippen molar-refractivity contribution in [2.45, 2.75) is 77.1 Å². The fourth-order valence-corrected chi connectivity index (χ4v) is 10.1. The number of aliphatic hydroxyl groups is 2. The maximum atomic E-state index is 14.2. The van der Waals surface area contributed by atoms with Crippen LogP contribution in [0.3, 0.4) is 0 Å². The summed E-state index contributed by atoms with van der Waals surface area (Å²) in [5, 5.41) is 26.1. The topological polar surface area (TPSA) is 158 Å². The third-order valence-electron chi connectivity index (χ3n) is 12.1. The van der Waals surface area contributed by atoms with Crippen LogP contribution >= 0.6 is 0 Å². The van der Waals surface area contributed by atoms with Gasteiger partial charge in [0.25, 0.3) is 5.91 Å². The van der Waals surface area contributed by atoms with Gasteiger partial charge in [0.1, 0.15) is 17.9 Å². The van der Waals surface area contributed by atoms with Crippen molar-refractivity contribution in [2.75, 3.05) is 32.7 Å². The van der Waals surface area contributed by atoms with Crippen LogP contribution in [0.5, 0.6) is 5.75 Å². The van der Waals surface area contributed by atoms with E-state index >= 15 is 0 Å². The molecule has 0 aromatic heterocycles. The molecule has 4 fully saturated rings. The number of anilines is 1. The van der Waals surface area contributed by atoms with Gasteiger partial charge in [-0.05, 0) is 72.3 Å². The van der Waals surface area contributed by atoms with Gasteiger partial charge in [-0.3, -0.25) is 14.4 Å². The molecule has 4 aliphatic rings. The van der Waals surface area contributed by atoms with E-state index in [1.807, 2.05) is 43.3 Å². The molecule has 2 amide bonds. The number of carbonyl (C=O) groups is 2. The second-order valence-electron chi connectivity index (χ2n) is 16.1. The number of nitrogens with zero attached hydrogens (tertiary/aromatic N) is 2. The van der Waals surface area contributed by atoms with Gasteiger partial charge in [0.05, 0.1) is 32.1 Å².